The fourth-order valence-electron chi connectivity index (χ4n) is 2.62. The second kappa shape index (κ2) is 6.64. The van der Waals surface area contributed by atoms with Crippen LogP contribution in [-0.4, -0.2) is 10.5 Å². The Morgan fingerprint density at radius 2 is 2.08 bits per heavy atom. The normalized spacial score (nSPS) is 11.7. The molecule has 5 heteroatoms. The minimum Gasteiger partial charge on any atom is -0.305 e. The SMILES string of the molecule is C#CCn1c(=NC(=O)c2ccccc2Cl)sc2c(C)cc(C)cc21. The third kappa shape index (κ3) is 3.01. The van der Waals surface area contributed by atoms with Crippen LogP contribution in [0.25, 0.3) is 10.2 Å². The molecule has 0 radical (unpaired) electrons. The molecule has 0 N–H and O–H groups in total. The Morgan fingerprint density at radius 3 is 2.79 bits per heavy atom. The van der Waals surface area contributed by atoms with Gasteiger partial charge in [-0.2, -0.15) is 4.99 Å². The molecule has 120 valence electrons. The molecule has 3 nitrogen and oxygen atoms in total. The van der Waals surface area contributed by atoms with Crippen molar-refractivity contribution in [1.29, 1.82) is 0 Å². The fourth-order valence-corrected chi connectivity index (χ4v) is 3.92. The summed E-state index contributed by atoms with van der Waals surface area (Å²) in [5.74, 6) is 2.27. The Hall–Kier alpha value is -2.35. The van der Waals surface area contributed by atoms with E-state index in [0.29, 0.717) is 21.9 Å². The molecule has 1 aromatic heterocycles. The van der Waals surface area contributed by atoms with Gasteiger partial charge in [0, 0.05) is 0 Å². The third-order valence-electron chi connectivity index (χ3n) is 3.67. The Bertz CT molecular complexity index is 1050. The second-order valence-electron chi connectivity index (χ2n) is 5.50. The number of halogens is 1. The van der Waals surface area contributed by atoms with Crippen molar-refractivity contribution in [3.8, 4) is 12.3 Å². The maximum absolute atomic E-state index is 12.5. The van der Waals surface area contributed by atoms with Crippen LogP contribution in [0.2, 0.25) is 5.02 Å². The van der Waals surface area contributed by atoms with E-state index in [-0.39, 0.29) is 5.91 Å². The van der Waals surface area contributed by atoms with E-state index >= 15 is 0 Å². The molecule has 0 aliphatic carbocycles. The summed E-state index contributed by atoms with van der Waals surface area (Å²) in [6.07, 6.45) is 5.51. The van der Waals surface area contributed by atoms with Gasteiger partial charge < -0.3 is 4.57 Å². The Kier molecular flexibility index (Phi) is 4.57. The minimum atomic E-state index is -0.368. The van der Waals surface area contributed by atoms with Gasteiger partial charge in [-0.25, -0.2) is 0 Å². The van der Waals surface area contributed by atoms with Gasteiger partial charge in [0.25, 0.3) is 5.91 Å². The summed E-state index contributed by atoms with van der Waals surface area (Å²) in [6.45, 7) is 4.44. The van der Waals surface area contributed by atoms with E-state index in [0.717, 1.165) is 21.3 Å². The van der Waals surface area contributed by atoms with E-state index in [1.54, 1.807) is 24.3 Å². The zero-order valence-corrected chi connectivity index (χ0v) is 14.9. The predicted octanol–water partition coefficient (Wildman–Crippen LogP) is 4.35. The molecule has 0 saturated carbocycles. The van der Waals surface area contributed by atoms with Gasteiger partial charge in [0.2, 0.25) is 0 Å². The molecule has 0 atom stereocenters. The van der Waals surface area contributed by atoms with Crippen LogP contribution in [0, 0.1) is 26.2 Å². The molecule has 2 aromatic carbocycles. The van der Waals surface area contributed by atoms with Crippen LogP contribution in [-0.2, 0) is 6.54 Å². The minimum absolute atomic E-state index is 0.359. The largest absolute Gasteiger partial charge is 0.305 e. The maximum atomic E-state index is 12.5. The number of aromatic nitrogens is 1. The molecule has 0 aliphatic heterocycles. The van der Waals surface area contributed by atoms with Crippen molar-refractivity contribution in [1.82, 2.24) is 4.57 Å². The van der Waals surface area contributed by atoms with E-state index in [4.69, 9.17) is 18.0 Å². The average molecular weight is 355 g/mol. The van der Waals surface area contributed by atoms with Crippen LogP contribution in [0.1, 0.15) is 21.5 Å². The highest BCUT2D eigenvalue weighted by molar-refractivity contribution is 7.16. The van der Waals surface area contributed by atoms with Gasteiger partial charge >= 0.3 is 0 Å². The van der Waals surface area contributed by atoms with Crippen LogP contribution in [0.5, 0.6) is 0 Å². The monoisotopic (exact) mass is 354 g/mol. The van der Waals surface area contributed by atoms with Gasteiger partial charge in [-0.15, -0.1) is 6.42 Å². The molecule has 3 rings (SSSR count). The van der Waals surface area contributed by atoms with E-state index in [2.05, 4.69) is 23.0 Å². The van der Waals surface area contributed by atoms with E-state index in [9.17, 15) is 4.79 Å². The number of carbonyl (C=O) groups is 1. The first-order valence-corrected chi connectivity index (χ1v) is 8.58. The lowest BCUT2D eigenvalue weighted by molar-refractivity contribution is 0.0998. The molecule has 3 aromatic rings. The number of benzene rings is 2. The number of hydrogen-bond donors (Lipinski definition) is 0. The number of terminal acetylenes is 1. The number of carbonyl (C=O) groups excluding carboxylic acids is 1. The zero-order valence-electron chi connectivity index (χ0n) is 13.3. The first-order valence-electron chi connectivity index (χ1n) is 7.39. The molecular formula is C19H15ClN2OS. The number of amides is 1. The second-order valence-corrected chi connectivity index (χ2v) is 6.89. The molecule has 0 spiro atoms. The lowest BCUT2D eigenvalue weighted by atomic mass is 10.1. The first-order chi connectivity index (χ1) is 11.5. The quantitative estimate of drug-likeness (QED) is 0.630. The van der Waals surface area contributed by atoms with Crippen LogP contribution in [0.3, 0.4) is 0 Å². The number of thiazole rings is 1. The molecular weight excluding hydrogens is 340 g/mol. The molecule has 0 fully saturated rings. The summed E-state index contributed by atoms with van der Waals surface area (Å²) in [7, 11) is 0. The van der Waals surface area contributed by atoms with Gasteiger partial charge in [0.1, 0.15) is 0 Å². The number of aryl methyl sites for hydroxylation is 2. The number of rotatable bonds is 2. The van der Waals surface area contributed by atoms with Crippen molar-refractivity contribution in [3.63, 3.8) is 0 Å². The predicted molar refractivity (Wildman–Crippen MR) is 99.5 cm³/mol. The summed E-state index contributed by atoms with van der Waals surface area (Å²) in [6, 6.07) is 11.1. The summed E-state index contributed by atoms with van der Waals surface area (Å²) in [4.78, 5) is 17.4. The van der Waals surface area contributed by atoms with Gasteiger partial charge in [-0.05, 0) is 43.2 Å². The summed E-state index contributed by atoms with van der Waals surface area (Å²) >= 11 is 7.56. The smallest absolute Gasteiger partial charge is 0.281 e. The van der Waals surface area contributed by atoms with Crippen molar-refractivity contribution < 1.29 is 4.79 Å². The fraction of sp³-hybridized carbons (Fsp3) is 0.158. The number of hydrogen-bond acceptors (Lipinski definition) is 2. The van der Waals surface area contributed by atoms with Crippen molar-refractivity contribution in [2.45, 2.75) is 20.4 Å². The average Bonchev–Trinajstić information content (AvgIpc) is 2.86. The lowest BCUT2D eigenvalue weighted by Gasteiger charge is -2.03. The highest BCUT2D eigenvalue weighted by atomic mass is 35.5. The van der Waals surface area contributed by atoms with Crippen molar-refractivity contribution in [3.05, 3.63) is 62.9 Å². The third-order valence-corrected chi connectivity index (χ3v) is 5.22. The number of fused-ring (bicyclic) bond motifs is 1. The molecule has 1 heterocycles. The molecule has 24 heavy (non-hydrogen) atoms. The highest BCUT2D eigenvalue weighted by Gasteiger charge is 2.12. The van der Waals surface area contributed by atoms with Gasteiger partial charge in [0.05, 0.1) is 27.3 Å². The molecule has 0 unspecified atom stereocenters. The van der Waals surface area contributed by atoms with E-state index in [1.807, 2.05) is 18.4 Å². The van der Waals surface area contributed by atoms with Crippen molar-refractivity contribution >= 4 is 39.1 Å². The first kappa shape index (κ1) is 16.5. The van der Waals surface area contributed by atoms with Crippen LogP contribution in [0.4, 0.5) is 0 Å². The molecule has 0 saturated heterocycles. The zero-order chi connectivity index (χ0) is 17.3. The van der Waals surface area contributed by atoms with Gasteiger partial charge in [0.15, 0.2) is 4.80 Å². The molecule has 0 aliphatic rings. The standard InChI is InChI=1S/C19H15ClN2OS/c1-4-9-22-16-11-12(2)10-13(3)17(16)24-19(22)21-18(23)14-7-5-6-8-15(14)20/h1,5-8,10-11H,9H2,2-3H3. The van der Waals surface area contributed by atoms with Crippen LogP contribution in [0.15, 0.2) is 41.4 Å². The Labute approximate surface area is 149 Å². The van der Waals surface area contributed by atoms with Gasteiger partial charge in [-0.1, -0.05) is 47.1 Å². The highest BCUT2D eigenvalue weighted by Crippen LogP contribution is 2.23. The maximum Gasteiger partial charge on any atom is 0.281 e. The van der Waals surface area contributed by atoms with Crippen molar-refractivity contribution in [2.75, 3.05) is 0 Å². The van der Waals surface area contributed by atoms with E-state index in [1.165, 1.54) is 11.3 Å². The summed E-state index contributed by atoms with van der Waals surface area (Å²) in [5, 5.41) is 0.392. The number of nitrogens with zero attached hydrogens (tertiary/aromatic N) is 2. The molecule has 1 amide bonds. The molecule has 0 bridgehead atoms. The van der Waals surface area contributed by atoms with E-state index < -0.39 is 0 Å². The van der Waals surface area contributed by atoms with Crippen LogP contribution >= 0.6 is 22.9 Å². The topological polar surface area (TPSA) is 34.4 Å². The Morgan fingerprint density at radius 1 is 1.33 bits per heavy atom. The summed E-state index contributed by atoms with van der Waals surface area (Å²) in [5.41, 5.74) is 3.68. The van der Waals surface area contributed by atoms with Crippen molar-refractivity contribution in [2.24, 2.45) is 4.99 Å². The summed E-state index contributed by atoms with van der Waals surface area (Å²) < 4.78 is 2.98. The lowest BCUT2D eigenvalue weighted by Crippen LogP contribution is -2.16. The van der Waals surface area contributed by atoms with Gasteiger partial charge in [-0.3, -0.25) is 4.79 Å². The Balaban J connectivity index is 2.24. The van der Waals surface area contributed by atoms with Crippen LogP contribution < -0.4 is 4.80 Å².